The summed E-state index contributed by atoms with van der Waals surface area (Å²) in [4.78, 5) is 47.9. The molecule has 3 rings (SSSR count). The standard InChI is InChI=1S/C20H17ClN2O7S/c1-3-11(2)29-18(24)10-22-19(25)17(31-20(22)26)9-13-5-7-16(30-13)14-8-12(23(27)28)4-6-15(14)21/h4-9,11H,3,10H2,1-2H3/b17-9+/t11-/m0/s1. The van der Waals surface area contributed by atoms with Crippen LogP contribution in [0.5, 0.6) is 0 Å². The van der Waals surface area contributed by atoms with Crippen LogP contribution in [-0.2, 0) is 14.3 Å². The number of esters is 1. The van der Waals surface area contributed by atoms with E-state index in [4.69, 9.17) is 20.8 Å². The van der Waals surface area contributed by atoms with Crippen molar-refractivity contribution in [3.63, 3.8) is 0 Å². The number of amides is 2. The van der Waals surface area contributed by atoms with E-state index in [2.05, 4.69) is 0 Å². The summed E-state index contributed by atoms with van der Waals surface area (Å²) >= 11 is 6.79. The molecule has 9 nitrogen and oxygen atoms in total. The minimum Gasteiger partial charge on any atom is -0.461 e. The van der Waals surface area contributed by atoms with Crippen molar-refractivity contribution in [3.05, 3.63) is 56.1 Å². The normalized spacial score (nSPS) is 16.1. The number of imide groups is 1. The third-order valence-corrected chi connectivity index (χ3v) is 5.63. The number of rotatable bonds is 7. The van der Waals surface area contributed by atoms with Gasteiger partial charge < -0.3 is 9.15 Å². The van der Waals surface area contributed by atoms with Crippen molar-refractivity contribution in [1.29, 1.82) is 0 Å². The number of nitro groups is 1. The summed E-state index contributed by atoms with van der Waals surface area (Å²) < 4.78 is 10.8. The first-order chi connectivity index (χ1) is 14.7. The number of hydrogen-bond acceptors (Lipinski definition) is 8. The molecule has 2 aromatic rings. The quantitative estimate of drug-likeness (QED) is 0.246. The number of carbonyl (C=O) groups is 3. The van der Waals surface area contributed by atoms with Crippen LogP contribution >= 0.6 is 23.4 Å². The van der Waals surface area contributed by atoms with Gasteiger partial charge in [0.2, 0.25) is 0 Å². The Morgan fingerprint density at radius 1 is 1.35 bits per heavy atom. The molecule has 0 radical (unpaired) electrons. The number of furan rings is 1. The first-order valence-electron chi connectivity index (χ1n) is 9.18. The van der Waals surface area contributed by atoms with E-state index < -0.39 is 28.6 Å². The lowest BCUT2D eigenvalue weighted by Crippen LogP contribution is -2.35. The monoisotopic (exact) mass is 464 g/mol. The fourth-order valence-electron chi connectivity index (χ4n) is 2.63. The van der Waals surface area contributed by atoms with Gasteiger partial charge in [-0.1, -0.05) is 18.5 Å². The molecular weight excluding hydrogens is 448 g/mol. The molecule has 1 atom stereocenters. The Hall–Kier alpha value is -3.11. The molecule has 1 aromatic carbocycles. The number of thioether (sulfide) groups is 1. The van der Waals surface area contributed by atoms with Crippen molar-refractivity contribution < 1.29 is 28.5 Å². The number of nitrogens with zero attached hydrogens (tertiary/aromatic N) is 2. The highest BCUT2D eigenvalue weighted by Gasteiger charge is 2.37. The van der Waals surface area contributed by atoms with Gasteiger partial charge in [-0.15, -0.1) is 0 Å². The molecule has 162 valence electrons. The van der Waals surface area contributed by atoms with E-state index in [-0.39, 0.29) is 33.2 Å². The van der Waals surface area contributed by atoms with Crippen molar-refractivity contribution >= 4 is 52.2 Å². The van der Waals surface area contributed by atoms with Gasteiger partial charge >= 0.3 is 5.97 Å². The number of halogens is 1. The minimum atomic E-state index is -0.668. The van der Waals surface area contributed by atoms with E-state index in [1.54, 1.807) is 13.0 Å². The molecule has 0 aliphatic carbocycles. The lowest BCUT2D eigenvalue weighted by molar-refractivity contribution is -0.384. The van der Waals surface area contributed by atoms with Crippen molar-refractivity contribution in [2.45, 2.75) is 26.4 Å². The summed E-state index contributed by atoms with van der Waals surface area (Å²) in [5.74, 6) is -0.803. The average Bonchev–Trinajstić information content (AvgIpc) is 3.28. The molecule has 0 saturated carbocycles. The van der Waals surface area contributed by atoms with Crippen LogP contribution in [0, 0.1) is 10.1 Å². The molecule has 1 aliphatic rings. The average molecular weight is 465 g/mol. The first-order valence-corrected chi connectivity index (χ1v) is 10.4. The number of benzene rings is 1. The fraction of sp³-hybridized carbons (Fsp3) is 0.250. The number of nitro benzene ring substituents is 1. The summed E-state index contributed by atoms with van der Waals surface area (Å²) in [6.07, 6.45) is 1.66. The molecule has 1 fully saturated rings. The van der Waals surface area contributed by atoms with Crippen LogP contribution in [0.3, 0.4) is 0 Å². The Labute approximate surface area is 186 Å². The molecule has 1 saturated heterocycles. The van der Waals surface area contributed by atoms with Crippen LogP contribution in [0.2, 0.25) is 5.02 Å². The van der Waals surface area contributed by atoms with Gasteiger partial charge in [-0.25, -0.2) is 0 Å². The van der Waals surface area contributed by atoms with Crippen molar-refractivity contribution in [2.75, 3.05) is 6.54 Å². The smallest absolute Gasteiger partial charge is 0.326 e. The Balaban J connectivity index is 1.78. The third-order valence-electron chi connectivity index (χ3n) is 4.39. The fourth-order valence-corrected chi connectivity index (χ4v) is 3.66. The maximum Gasteiger partial charge on any atom is 0.326 e. The zero-order valence-electron chi connectivity index (χ0n) is 16.5. The van der Waals surface area contributed by atoms with Gasteiger partial charge in [-0.2, -0.15) is 0 Å². The summed E-state index contributed by atoms with van der Waals surface area (Å²) in [7, 11) is 0. The largest absolute Gasteiger partial charge is 0.461 e. The Morgan fingerprint density at radius 2 is 2.10 bits per heavy atom. The van der Waals surface area contributed by atoms with Crippen molar-refractivity contribution in [1.82, 2.24) is 4.90 Å². The molecule has 1 aromatic heterocycles. The highest BCUT2D eigenvalue weighted by molar-refractivity contribution is 8.18. The van der Waals surface area contributed by atoms with Gasteiger partial charge in [-0.3, -0.25) is 29.4 Å². The number of non-ortho nitro benzene ring substituents is 1. The molecule has 2 amide bonds. The second-order valence-electron chi connectivity index (χ2n) is 6.60. The van der Waals surface area contributed by atoms with Crippen LogP contribution in [0.1, 0.15) is 26.0 Å². The van der Waals surface area contributed by atoms with E-state index in [1.165, 1.54) is 30.3 Å². The van der Waals surface area contributed by atoms with E-state index in [9.17, 15) is 24.5 Å². The lowest BCUT2D eigenvalue weighted by Gasteiger charge is -2.14. The van der Waals surface area contributed by atoms with Gasteiger partial charge in [0.15, 0.2) is 0 Å². The molecular formula is C20H17ClN2O7S. The Morgan fingerprint density at radius 3 is 2.77 bits per heavy atom. The van der Waals surface area contributed by atoms with E-state index >= 15 is 0 Å². The lowest BCUT2D eigenvalue weighted by atomic mass is 10.1. The highest BCUT2D eigenvalue weighted by Crippen LogP contribution is 2.35. The Kier molecular flexibility index (Phi) is 6.81. The summed E-state index contributed by atoms with van der Waals surface area (Å²) in [5.41, 5.74) is 0.166. The van der Waals surface area contributed by atoms with Crippen LogP contribution in [-0.4, -0.2) is 39.6 Å². The third kappa shape index (κ3) is 5.15. The highest BCUT2D eigenvalue weighted by atomic mass is 35.5. The van der Waals surface area contributed by atoms with Crippen LogP contribution in [0.25, 0.3) is 17.4 Å². The van der Waals surface area contributed by atoms with Crippen LogP contribution < -0.4 is 0 Å². The molecule has 2 heterocycles. The zero-order chi connectivity index (χ0) is 22.7. The summed E-state index contributed by atoms with van der Waals surface area (Å²) in [5, 5.41) is 10.7. The molecule has 0 unspecified atom stereocenters. The molecule has 11 heteroatoms. The second kappa shape index (κ2) is 9.36. The molecule has 1 aliphatic heterocycles. The minimum absolute atomic E-state index is 0.0763. The maximum absolute atomic E-state index is 12.5. The van der Waals surface area contributed by atoms with E-state index in [1.807, 2.05) is 6.92 Å². The topological polar surface area (TPSA) is 120 Å². The molecule has 0 bridgehead atoms. The predicted molar refractivity (Wildman–Crippen MR) is 114 cm³/mol. The van der Waals surface area contributed by atoms with Crippen molar-refractivity contribution in [3.8, 4) is 11.3 Å². The van der Waals surface area contributed by atoms with Gasteiger partial charge in [0.1, 0.15) is 18.1 Å². The van der Waals surface area contributed by atoms with Gasteiger partial charge in [0, 0.05) is 23.8 Å². The van der Waals surface area contributed by atoms with Gasteiger partial charge in [0.05, 0.1) is 21.0 Å². The Bertz CT molecular complexity index is 1090. The predicted octanol–water partition coefficient (Wildman–Crippen LogP) is 4.89. The van der Waals surface area contributed by atoms with Crippen LogP contribution in [0.4, 0.5) is 10.5 Å². The van der Waals surface area contributed by atoms with Crippen LogP contribution in [0.15, 0.2) is 39.7 Å². The second-order valence-corrected chi connectivity index (χ2v) is 8.00. The molecule has 0 N–H and O–H groups in total. The molecule has 0 spiro atoms. The van der Waals surface area contributed by atoms with E-state index in [0.29, 0.717) is 23.7 Å². The van der Waals surface area contributed by atoms with Crippen molar-refractivity contribution in [2.24, 2.45) is 0 Å². The number of hydrogen-bond donors (Lipinski definition) is 0. The number of ether oxygens (including phenoxy) is 1. The molecule has 31 heavy (non-hydrogen) atoms. The number of carbonyl (C=O) groups excluding carboxylic acids is 3. The maximum atomic E-state index is 12.5. The van der Waals surface area contributed by atoms with Gasteiger partial charge in [-0.05, 0) is 43.3 Å². The SMILES string of the molecule is CC[C@H](C)OC(=O)CN1C(=O)S/C(=C/c2ccc(-c3cc([N+](=O)[O-])ccc3Cl)o2)C1=O. The van der Waals surface area contributed by atoms with Gasteiger partial charge in [0.25, 0.3) is 16.8 Å². The summed E-state index contributed by atoms with van der Waals surface area (Å²) in [6, 6.07) is 7.03. The van der Waals surface area contributed by atoms with E-state index in [0.717, 1.165) is 4.90 Å². The first kappa shape index (κ1) is 22.6. The summed E-state index contributed by atoms with van der Waals surface area (Å²) in [6.45, 7) is 3.09. The zero-order valence-corrected chi connectivity index (χ0v) is 18.1.